The number of aliphatic hydroxyl groups excluding tert-OH is 1. The van der Waals surface area contributed by atoms with Gasteiger partial charge in [0.15, 0.2) is 11.5 Å². The molecule has 0 radical (unpaired) electrons. The molecule has 2 aliphatic heterocycles. The lowest BCUT2D eigenvalue weighted by Crippen LogP contribution is -2.36. The molecule has 1 N–H and O–H groups in total. The van der Waals surface area contributed by atoms with Crippen LogP contribution in [0.15, 0.2) is 42.5 Å². The third-order valence-corrected chi connectivity index (χ3v) is 4.36. The minimum absolute atomic E-state index is 0.163. The highest BCUT2D eigenvalue weighted by Crippen LogP contribution is 2.46. The zero-order valence-corrected chi connectivity index (χ0v) is 13.0. The van der Waals surface area contributed by atoms with E-state index in [0.29, 0.717) is 28.4 Å². The van der Waals surface area contributed by atoms with Crippen molar-refractivity contribution in [1.29, 1.82) is 0 Å². The van der Waals surface area contributed by atoms with E-state index in [-0.39, 0.29) is 6.79 Å². The van der Waals surface area contributed by atoms with Gasteiger partial charge in [-0.2, -0.15) is 0 Å². The number of fused-ring (bicyclic) bond motifs is 2. The Morgan fingerprint density at radius 2 is 1.92 bits per heavy atom. The summed E-state index contributed by atoms with van der Waals surface area (Å²) < 4.78 is 21.6. The van der Waals surface area contributed by atoms with Crippen LogP contribution in [-0.4, -0.2) is 25.0 Å². The van der Waals surface area contributed by atoms with Crippen molar-refractivity contribution < 1.29 is 28.8 Å². The van der Waals surface area contributed by atoms with E-state index in [9.17, 15) is 9.90 Å². The minimum Gasteiger partial charge on any atom is -0.484 e. The summed E-state index contributed by atoms with van der Waals surface area (Å²) >= 11 is 0. The van der Waals surface area contributed by atoms with Gasteiger partial charge in [0.1, 0.15) is 17.8 Å². The van der Waals surface area contributed by atoms with Crippen LogP contribution in [0.4, 0.5) is 0 Å². The zero-order chi connectivity index (χ0) is 16.7. The lowest BCUT2D eigenvalue weighted by Gasteiger charge is -2.35. The van der Waals surface area contributed by atoms with E-state index in [4.69, 9.17) is 18.9 Å². The molecule has 0 bridgehead atoms. The summed E-state index contributed by atoms with van der Waals surface area (Å²) in [6.45, 7) is 0.163. The molecule has 0 amide bonds. The largest absolute Gasteiger partial charge is 0.484 e. The van der Waals surface area contributed by atoms with E-state index in [1.165, 1.54) is 7.11 Å². The molecule has 0 aromatic heterocycles. The molecule has 6 heteroatoms. The number of carbonyl (C=O) groups excluding carboxylic acids is 1. The Morgan fingerprint density at radius 1 is 1.12 bits per heavy atom. The Morgan fingerprint density at radius 3 is 2.75 bits per heavy atom. The lowest BCUT2D eigenvalue weighted by atomic mass is 9.84. The first-order chi connectivity index (χ1) is 11.7. The molecule has 0 spiro atoms. The summed E-state index contributed by atoms with van der Waals surface area (Å²) in [5.41, 5.74) is 1.29. The fraction of sp³-hybridized carbons (Fsp3) is 0.278. The van der Waals surface area contributed by atoms with Crippen LogP contribution in [0.3, 0.4) is 0 Å². The van der Waals surface area contributed by atoms with Crippen molar-refractivity contribution in [3.8, 4) is 17.2 Å². The highest BCUT2D eigenvalue weighted by molar-refractivity contribution is 5.75. The van der Waals surface area contributed by atoms with Crippen LogP contribution in [0.25, 0.3) is 0 Å². The van der Waals surface area contributed by atoms with Gasteiger partial charge in [0, 0.05) is 5.56 Å². The Bertz CT molecular complexity index is 787. The summed E-state index contributed by atoms with van der Waals surface area (Å²) in [5.74, 6) is 0.385. The molecule has 124 valence electrons. The molecule has 24 heavy (non-hydrogen) atoms. The number of carbonyl (C=O) groups is 1. The van der Waals surface area contributed by atoms with E-state index >= 15 is 0 Å². The summed E-state index contributed by atoms with van der Waals surface area (Å²) in [6, 6.07) is 12.5. The van der Waals surface area contributed by atoms with Crippen molar-refractivity contribution >= 4 is 5.97 Å². The Kier molecular flexibility index (Phi) is 3.54. The van der Waals surface area contributed by atoms with Gasteiger partial charge in [-0.05, 0) is 23.8 Å². The van der Waals surface area contributed by atoms with Crippen LogP contribution in [0, 0.1) is 5.92 Å². The summed E-state index contributed by atoms with van der Waals surface area (Å²) in [4.78, 5) is 12.3. The SMILES string of the molecule is COC(=O)[C@H]1C(O)c2ccccc2O[C@@H]1c1ccc2c(c1)OCO2. The quantitative estimate of drug-likeness (QED) is 0.853. The standard InChI is InChI=1S/C18H16O6/c1-21-18(20)15-16(19)11-4-2-3-5-12(11)24-17(15)10-6-7-13-14(8-10)23-9-22-13/h2-8,15-17,19H,9H2,1H3/t15-,16?,17+/m0/s1. The Balaban J connectivity index is 1.78. The average Bonchev–Trinajstić information content (AvgIpc) is 3.08. The number of hydrogen-bond donors (Lipinski definition) is 1. The van der Waals surface area contributed by atoms with E-state index in [2.05, 4.69) is 0 Å². The van der Waals surface area contributed by atoms with Crippen molar-refractivity contribution in [3.63, 3.8) is 0 Å². The van der Waals surface area contributed by atoms with Crippen LogP contribution >= 0.6 is 0 Å². The van der Waals surface area contributed by atoms with Gasteiger partial charge in [-0.1, -0.05) is 24.3 Å². The monoisotopic (exact) mass is 328 g/mol. The third-order valence-electron chi connectivity index (χ3n) is 4.36. The predicted molar refractivity (Wildman–Crippen MR) is 82.8 cm³/mol. The molecule has 2 aromatic rings. The molecule has 3 atom stereocenters. The fourth-order valence-corrected chi connectivity index (χ4v) is 3.16. The fourth-order valence-electron chi connectivity index (χ4n) is 3.16. The number of methoxy groups -OCH3 is 1. The maximum absolute atomic E-state index is 12.3. The minimum atomic E-state index is -1.02. The van der Waals surface area contributed by atoms with Gasteiger partial charge in [-0.3, -0.25) is 4.79 Å². The third kappa shape index (κ3) is 2.27. The summed E-state index contributed by atoms with van der Waals surface area (Å²) in [7, 11) is 1.30. The summed E-state index contributed by atoms with van der Waals surface area (Å²) in [5, 5.41) is 10.7. The van der Waals surface area contributed by atoms with E-state index in [0.717, 1.165) is 0 Å². The maximum Gasteiger partial charge on any atom is 0.315 e. The van der Waals surface area contributed by atoms with Gasteiger partial charge in [0.25, 0.3) is 0 Å². The van der Waals surface area contributed by atoms with Crippen molar-refractivity contribution in [2.24, 2.45) is 5.92 Å². The Labute approximate surface area is 138 Å². The second-order valence-electron chi connectivity index (χ2n) is 5.68. The Hall–Kier alpha value is -2.73. The van der Waals surface area contributed by atoms with Crippen LogP contribution in [-0.2, 0) is 9.53 Å². The molecular formula is C18H16O6. The molecule has 4 rings (SSSR count). The van der Waals surface area contributed by atoms with Crippen molar-refractivity contribution in [1.82, 2.24) is 0 Å². The predicted octanol–water partition coefficient (Wildman–Crippen LogP) is 2.37. The number of aliphatic hydroxyl groups is 1. The van der Waals surface area contributed by atoms with Crippen molar-refractivity contribution in [3.05, 3.63) is 53.6 Å². The number of esters is 1. The van der Waals surface area contributed by atoms with Gasteiger partial charge >= 0.3 is 5.97 Å². The molecule has 2 heterocycles. The molecule has 0 saturated heterocycles. The number of ether oxygens (including phenoxy) is 4. The number of hydrogen-bond acceptors (Lipinski definition) is 6. The second kappa shape index (κ2) is 5.72. The van der Waals surface area contributed by atoms with Crippen molar-refractivity contribution in [2.75, 3.05) is 13.9 Å². The topological polar surface area (TPSA) is 74.2 Å². The number of rotatable bonds is 2. The average molecular weight is 328 g/mol. The van der Waals surface area contributed by atoms with E-state index in [1.54, 1.807) is 36.4 Å². The number of para-hydroxylation sites is 1. The molecule has 2 aliphatic rings. The first-order valence-corrected chi connectivity index (χ1v) is 7.60. The molecule has 0 aliphatic carbocycles. The molecule has 0 saturated carbocycles. The van der Waals surface area contributed by atoms with Gasteiger partial charge in [0.05, 0.1) is 13.2 Å². The molecule has 6 nitrogen and oxygen atoms in total. The van der Waals surface area contributed by atoms with E-state index < -0.39 is 24.1 Å². The molecular weight excluding hydrogens is 312 g/mol. The van der Waals surface area contributed by atoms with Crippen LogP contribution < -0.4 is 14.2 Å². The van der Waals surface area contributed by atoms with Crippen LogP contribution in [0.1, 0.15) is 23.3 Å². The van der Waals surface area contributed by atoms with Gasteiger partial charge in [-0.25, -0.2) is 0 Å². The van der Waals surface area contributed by atoms with Crippen LogP contribution in [0.5, 0.6) is 17.2 Å². The maximum atomic E-state index is 12.3. The highest BCUT2D eigenvalue weighted by Gasteiger charge is 2.44. The second-order valence-corrected chi connectivity index (χ2v) is 5.68. The first kappa shape index (κ1) is 14.8. The van der Waals surface area contributed by atoms with E-state index in [1.807, 2.05) is 6.07 Å². The molecule has 1 unspecified atom stereocenters. The first-order valence-electron chi connectivity index (χ1n) is 7.60. The lowest BCUT2D eigenvalue weighted by molar-refractivity contribution is -0.156. The zero-order valence-electron chi connectivity index (χ0n) is 13.0. The van der Waals surface area contributed by atoms with Gasteiger partial charge in [-0.15, -0.1) is 0 Å². The molecule has 0 fully saturated rings. The smallest absolute Gasteiger partial charge is 0.315 e. The van der Waals surface area contributed by atoms with Gasteiger partial charge in [0.2, 0.25) is 6.79 Å². The number of benzene rings is 2. The summed E-state index contributed by atoms with van der Waals surface area (Å²) in [6.07, 6.45) is -1.70. The highest BCUT2D eigenvalue weighted by atomic mass is 16.7. The molecule has 2 aromatic carbocycles. The normalized spacial score (nSPS) is 24.0. The van der Waals surface area contributed by atoms with Crippen LogP contribution in [0.2, 0.25) is 0 Å². The van der Waals surface area contributed by atoms with Gasteiger partial charge < -0.3 is 24.1 Å². The van der Waals surface area contributed by atoms with Crippen molar-refractivity contribution in [2.45, 2.75) is 12.2 Å².